The lowest BCUT2D eigenvalue weighted by Gasteiger charge is -2.31. The molecule has 1 unspecified atom stereocenters. The van der Waals surface area contributed by atoms with Crippen molar-refractivity contribution >= 4 is 15.7 Å². The number of nitrogens with zero attached hydrogens (tertiary/aromatic N) is 1. The molecule has 0 spiro atoms. The number of sulfonamides is 1. The van der Waals surface area contributed by atoms with E-state index < -0.39 is 15.8 Å². The summed E-state index contributed by atoms with van der Waals surface area (Å²) in [5.74, 6) is -0.718. The van der Waals surface area contributed by atoms with Gasteiger partial charge in [0.25, 0.3) is 0 Å². The van der Waals surface area contributed by atoms with Gasteiger partial charge in [-0.1, -0.05) is 6.07 Å². The van der Waals surface area contributed by atoms with Gasteiger partial charge in [-0.25, -0.2) is 12.8 Å². The number of para-hydroxylation sites is 1. The predicted molar refractivity (Wildman–Crippen MR) is 74.2 cm³/mol. The van der Waals surface area contributed by atoms with E-state index in [9.17, 15) is 12.8 Å². The largest absolute Gasteiger partial charge is 0.395 e. The van der Waals surface area contributed by atoms with Crippen LogP contribution in [0.2, 0.25) is 0 Å². The highest BCUT2D eigenvalue weighted by Gasteiger charge is 2.32. The zero-order valence-corrected chi connectivity index (χ0v) is 12.2. The average molecular weight is 302 g/mol. The van der Waals surface area contributed by atoms with Crippen LogP contribution in [0.4, 0.5) is 10.1 Å². The minimum absolute atomic E-state index is 0.113. The first-order valence-electron chi connectivity index (χ1n) is 6.62. The molecule has 0 radical (unpaired) electrons. The van der Waals surface area contributed by atoms with E-state index in [0.29, 0.717) is 13.2 Å². The number of nitrogens with two attached hydrogens (primary N) is 1. The van der Waals surface area contributed by atoms with E-state index in [2.05, 4.69) is 0 Å². The standard InChI is InChI=1S/C13H19FN2O3S/c1-2-19-10-5-4-8-16(9-10)20(17,18)12-7-3-6-11(14)13(12)15/h3,6-7,10H,2,4-5,8-9,15H2,1H3. The van der Waals surface area contributed by atoms with E-state index in [4.69, 9.17) is 10.5 Å². The molecule has 1 aliphatic rings. The molecule has 112 valence electrons. The average Bonchev–Trinajstić information content (AvgIpc) is 2.42. The Morgan fingerprint density at radius 3 is 2.95 bits per heavy atom. The molecule has 1 atom stereocenters. The van der Waals surface area contributed by atoms with Gasteiger partial charge in [0, 0.05) is 19.7 Å². The molecule has 0 saturated carbocycles. The van der Waals surface area contributed by atoms with Crippen molar-refractivity contribution in [1.82, 2.24) is 4.31 Å². The SMILES string of the molecule is CCOC1CCCN(S(=O)(=O)c2cccc(F)c2N)C1. The molecule has 1 aliphatic heterocycles. The minimum Gasteiger partial charge on any atom is -0.395 e. The van der Waals surface area contributed by atoms with Gasteiger partial charge in [0.15, 0.2) is 0 Å². The molecule has 0 bridgehead atoms. The number of nitrogen functional groups attached to an aromatic ring is 1. The van der Waals surface area contributed by atoms with Crippen molar-refractivity contribution in [2.24, 2.45) is 0 Å². The first-order valence-corrected chi connectivity index (χ1v) is 8.06. The summed E-state index contributed by atoms with van der Waals surface area (Å²) in [5, 5.41) is 0. The first-order chi connectivity index (χ1) is 9.46. The molecule has 5 nitrogen and oxygen atoms in total. The zero-order chi connectivity index (χ0) is 14.8. The highest BCUT2D eigenvalue weighted by Crippen LogP contribution is 2.27. The number of halogens is 1. The molecule has 1 fully saturated rings. The van der Waals surface area contributed by atoms with Crippen LogP contribution >= 0.6 is 0 Å². The molecular weight excluding hydrogens is 283 g/mol. The maximum Gasteiger partial charge on any atom is 0.245 e. The lowest BCUT2D eigenvalue weighted by atomic mass is 10.1. The minimum atomic E-state index is -3.78. The van der Waals surface area contributed by atoms with Gasteiger partial charge in [0.1, 0.15) is 10.7 Å². The van der Waals surface area contributed by atoms with Crippen molar-refractivity contribution in [3.8, 4) is 0 Å². The van der Waals surface area contributed by atoms with Crippen LogP contribution in [0.25, 0.3) is 0 Å². The van der Waals surface area contributed by atoms with Crippen LogP contribution in [0.1, 0.15) is 19.8 Å². The maximum atomic E-state index is 13.4. The number of rotatable bonds is 4. The van der Waals surface area contributed by atoms with Gasteiger partial charge in [-0.15, -0.1) is 0 Å². The van der Waals surface area contributed by atoms with Crippen molar-refractivity contribution < 1.29 is 17.5 Å². The highest BCUT2D eigenvalue weighted by atomic mass is 32.2. The molecule has 2 rings (SSSR count). The van der Waals surface area contributed by atoms with Crippen molar-refractivity contribution in [2.45, 2.75) is 30.8 Å². The fourth-order valence-electron chi connectivity index (χ4n) is 2.38. The first kappa shape index (κ1) is 15.2. The Kier molecular flexibility index (Phi) is 4.62. The van der Waals surface area contributed by atoms with Crippen LogP contribution in [0.5, 0.6) is 0 Å². The third-order valence-electron chi connectivity index (χ3n) is 3.37. The Bertz CT molecular complexity index is 575. The van der Waals surface area contributed by atoms with E-state index in [1.165, 1.54) is 16.4 Å². The van der Waals surface area contributed by atoms with Gasteiger partial charge in [-0.05, 0) is 31.9 Å². The number of hydrogen-bond acceptors (Lipinski definition) is 4. The van der Waals surface area contributed by atoms with E-state index >= 15 is 0 Å². The van der Waals surface area contributed by atoms with Crippen LogP contribution in [-0.2, 0) is 14.8 Å². The summed E-state index contributed by atoms with van der Waals surface area (Å²) in [6.07, 6.45) is 1.44. The second-order valence-corrected chi connectivity index (χ2v) is 6.64. The Labute approximate surface area is 118 Å². The summed E-state index contributed by atoms with van der Waals surface area (Å²) in [4.78, 5) is -0.172. The number of benzene rings is 1. The van der Waals surface area contributed by atoms with Crippen molar-refractivity contribution in [2.75, 3.05) is 25.4 Å². The topological polar surface area (TPSA) is 72.6 Å². The van der Waals surface area contributed by atoms with Gasteiger partial charge < -0.3 is 10.5 Å². The van der Waals surface area contributed by atoms with E-state index in [-0.39, 0.29) is 23.2 Å². The van der Waals surface area contributed by atoms with Gasteiger partial charge in [0.2, 0.25) is 10.0 Å². The Balaban J connectivity index is 2.28. The molecule has 0 aromatic heterocycles. The lowest BCUT2D eigenvalue weighted by Crippen LogP contribution is -2.43. The van der Waals surface area contributed by atoms with E-state index in [1.807, 2.05) is 6.92 Å². The van der Waals surface area contributed by atoms with E-state index in [1.54, 1.807) is 0 Å². The fourth-order valence-corrected chi connectivity index (χ4v) is 4.01. The Hall–Kier alpha value is -1.18. The van der Waals surface area contributed by atoms with Crippen molar-refractivity contribution in [3.05, 3.63) is 24.0 Å². The number of hydrogen-bond donors (Lipinski definition) is 1. The van der Waals surface area contributed by atoms with Gasteiger partial charge in [-0.3, -0.25) is 0 Å². The normalized spacial score (nSPS) is 21.0. The molecule has 20 heavy (non-hydrogen) atoms. The van der Waals surface area contributed by atoms with Crippen LogP contribution in [0.15, 0.2) is 23.1 Å². The maximum absolute atomic E-state index is 13.4. The molecule has 1 saturated heterocycles. The fraction of sp³-hybridized carbons (Fsp3) is 0.538. The second-order valence-electron chi connectivity index (χ2n) is 4.73. The highest BCUT2D eigenvalue weighted by molar-refractivity contribution is 7.89. The summed E-state index contributed by atoms with van der Waals surface area (Å²) in [5.41, 5.74) is 5.23. The molecule has 0 aliphatic carbocycles. The molecule has 0 amide bonds. The molecule has 2 N–H and O–H groups in total. The summed E-state index contributed by atoms with van der Waals surface area (Å²) in [6, 6.07) is 3.83. The third-order valence-corrected chi connectivity index (χ3v) is 5.30. The molecule has 7 heteroatoms. The van der Waals surface area contributed by atoms with Crippen LogP contribution < -0.4 is 5.73 Å². The smallest absolute Gasteiger partial charge is 0.245 e. The molecule has 1 heterocycles. The van der Waals surface area contributed by atoms with E-state index in [0.717, 1.165) is 18.9 Å². The molecular formula is C13H19FN2O3S. The quantitative estimate of drug-likeness (QED) is 0.857. The third kappa shape index (κ3) is 2.94. The van der Waals surface area contributed by atoms with Gasteiger partial charge in [-0.2, -0.15) is 4.31 Å². The summed E-state index contributed by atoms with van der Waals surface area (Å²) >= 11 is 0. The van der Waals surface area contributed by atoms with Crippen LogP contribution in [0, 0.1) is 5.82 Å². The van der Waals surface area contributed by atoms with Crippen LogP contribution in [0.3, 0.4) is 0 Å². The predicted octanol–water partition coefficient (Wildman–Crippen LogP) is 1.60. The lowest BCUT2D eigenvalue weighted by molar-refractivity contribution is 0.0265. The summed E-state index contributed by atoms with van der Waals surface area (Å²) < 4.78 is 45.3. The number of anilines is 1. The van der Waals surface area contributed by atoms with Crippen molar-refractivity contribution in [1.29, 1.82) is 0 Å². The summed E-state index contributed by atoms with van der Waals surface area (Å²) in [7, 11) is -3.78. The van der Waals surface area contributed by atoms with Gasteiger partial charge >= 0.3 is 0 Å². The van der Waals surface area contributed by atoms with Crippen LogP contribution in [-0.4, -0.2) is 38.5 Å². The second kappa shape index (κ2) is 6.07. The van der Waals surface area contributed by atoms with Crippen molar-refractivity contribution in [3.63, 3.8) is 0 Å². The number of ether oxygens (including phenoxy) is 1. The summed E-state index contributed by atoms with van der Waals surface area (Å²) in [6.45, 7) is 3.10. The molecule has 1 aromatic rings. The van der Waals surface area contributed by atoms with Gasteiger partial charge in [0.05, 0.1) is 11.8 Å². The number of piperidine rings is 1. The Morgan fingerprint density at radius 1 is 1.50 bits per heavy atom. The monoisotopic (exact) mass is 302 g/mol. The zero-order valence-electron chi connectivity index (χ0n) is 11.4. The molecule has 1 aromatic carbocycles. The Morgan fingerprint density at radius 2 is 2.25 bits per heavy atom.